The summed E-state index contributed by atoms with van der Waals surface area (Å²) in [6.45, 7) is 6.26. The van der Waals surface area contributed by atoms with Crippen LogP contribution in [0.1, 0.15) is 12.5 Å². The van der Waals surface area contributed by atoms with Crippen LogP contribution in [0.2, 0.25) is 0 Å². The van der Waals surface area contributed by atoms with E-state index >= 15 is 0 Å². The molecular weight excluding hydrogens is 418 g/mol. The first-order chi connectivity index (χ1) is 15.8. The monoisotopic (exact) mass is 441 g/mol. The Balaban J connectivity index is 1.61. The Kier molecular flexibility index (Phi) is 7.09. The number of thioether (sulfide) groups is 1. The van der Waals surface area contributed by atoms with Crippen LogP contribution in [0.3, 0.4) is 0 Å². The van der Waals surface area contributed by atoms with Crippen molar-refractivity contribution in [3.63, 3.8) is 0 Å². The maximum atomic E-state index is 5.68. The van der Waals surface area contributed by atoms with Crippen LogP contribution in [0.4, 0.5) is 5.82 Å². The van der Waals surface area contributed by atoms with Crippen LogP contribution in [-0.2, 0) is 0 Å². The first kappa shape index (κ1) is 21.5. The fraction of sp³-hybridized carbons (Fsp3) is 0.120. The summed E-state index contributed by atoms with van der Waals surface area (Å²) in [6.07, 6.45) is 3.50. The van der Waals surface area contributed by atoms with Gasteiger partial charge in [-0.15, -0.1) is 11.8 Å². The number of nitrogens with one attached hydrogen (secondary N) is 1. The number of pyridine rings is 1. The normalized spacial score (nSPS) is 11.3. The Morgan fingerprint density at radius 1 is 1.12 bits per heavy atom. The van der Waals surface area contributed by atoms with Gasteiger partial charge in [0, 0.05) is 28.9 Å². The number of ether oxygens (including phenoxy) is 1. The maximum Gasteiger partial charge on any atom is 0.163 e. The molecule has 0 radical (unpaired) electrons. The molecule has 0 aliphatic heterocycles. The number of aliphatic imine (C=N–C) groups is 1. The minimum atomic E-state index is 0.598. The van der Waals surface area contributed by atoms with Crippen molar-refractivity contribution < 1.29 is 4.74 Å². The van der Waals surface area contributed by atoms with E-state index in [9.17, 15) is 0 Å². The number of hydrogen-bond acceptors (Lipinski definition) is 7. The van der Waals surface area contributed by atoms with Crippen molar-refractivity contribution in [2.45, 2.75) is 6.92 Å². The van der Waals surface area contributed by atoms with Crippen molar-refractivity contribution in [2.75, 3.05) is 17.8 Å². The highest BCUT2D eigenvalue weighted by Gasteiger charge is 2.11. The lowest BCUT2D eigenvalue weighted by atomic mass is 10.2. The van der Waals surface area contributed by atoms with Gasteiger partial charge >= 0.3 is 0 Å². The molecule has 2 aromatic carbocycles. The van der Waals surface area contributed by atoms with Gasteiger partial charge in [-0.05, 0) is 49.4 Å². The molecule has 0 fully saturated rings. The standard InChI is InChI=1S/C25H23N5OS/c1-3-31-20-11-12-22-21(14-20)25(30-24(29-22)19-10-7-13-27-15-19)28-17-32-16-23(26-2)18-8-5-4-6-9-18/h4-16H,2-3,17H2,1H3,(H,28,29,30)/b23-16-. The molecular formula is C25H23N5OS. The largest absolute Gasteiger partial charge is 0.494 e. The Morgan fingerprint density at radius 3 is 2.75 bits per heavy atom. The third kappa shape index (κ3) is 5.12. The van der Waals surface area contributed by atoms with E-state index in [1.165, 1.54) is 0 Å². The maximum absolute atomic E-state index is 5.68. The minimum Gasteiger partial charge on any atom is -0.494 e. The summed E-state index contributed by atoms with van der Waals surface area (Å²) in [4.78, 5) is 17.9. The van der Waals surface area contributed by atoms with E-state index in [0.717, 1.165) is 39.3 Å². The Morgan fingerprint density at radius 2 is 2.00 bits per heavy atom. The van der Waals surface area contributed by atoms with Crippen molar-refractivity contribution >= 4 is 40.9 Å². The van der Waals surface area contributed by atoms with E-state index in [1.807, 2.05) is 73.0 Å². The molecule has 0 bridgehead atoms. The fourth-order valence-electron chi connectivity index (χ4n) is 3.16. The molecule has 6 nitrogen and oxygen atoms in total. The van der Waals surface area contributed by atoms with E-state index in [0.29, 0.717) is 18.3 Å². The smallest absolute Gasteiger partial charge is 0.163 e. The van der Waals surface area contributed by atoms with Crippen LogP contribution in [0.15, 0.2) is 83.5 Å². The number of hydrogen-bond donors (Lipinski definition) is 1. The van der Waals surface area contributed by atoms with Gasteiger partial charge in [-0.1, -0.05) is 30.3 Å². The molecule has 0 saturated heterocycles. The summed E-state index contributed by atoms with van der Waals surface area (Å²) < 4.78 is 5.68. The molecule has 0 spiro atoms. The summed E-state index contributed by atoms with van der Waals surface area (Å²) >= 11 is 1.59. The average Bonchev–Trinajstić information content (AvgIpc) is 2.85. The summed E-state index contributed by atoms with van der Waals surface area (Å²) in [5.41, 5.74) is 3.56. The van der Waals surface area contributed by atoms with Gasteiger partial charge in [0.1, 0.15) is 11.6 Å². The number of aromatic nitrogens is 3. The molecule has 160 valence electrons. The molecule has 32 heavy (non-hydrogen) atoms. The molecule has 0 amide bonds. The van der Waals surface area contributed by atoms with Crippen molar-refractivity contribution in [1.29, 1.82) is 0 Å². The average molecular weight is 442 g/mol. The number of rotatable bonds is 9. The van der Waals surface area contributed by atoms with Crippen LogP contribution >= 0.6 is 11.8 Å². The summed E-state index contributed by atoms with van der Waals surface area (Å²) in [5, 5.41) is 6.32. The third-order valence-electron chi connectivity index (χ3n) is 4.66. The van der Waals surface area contributed by atoms with Gasteiger partial charge in [0.25, 0.3) is 0 Å². The van der Waals surface area contributed by atoms with Crippen molar-refractivity contribution in [1.82, 2.24) is 15.0 Å². The molecule has 0 unspecified atom stereocenters. The third-order valence-corrected chi connectivity index (χ3v) is 5.36. The summed E-state index contributed by atoms with van der Waals surface area (Å²) in [7, 11) is 0. The van der Waals surface area contributed by atoms with Crippen LogP contribution in [-0.4, -0.2) is 34.2 Å². The zero-order valence-electron chi connectivity index (χ0n) is 17.7. The van der Waals surface area contributed by atoms with Crippen LogP contribution in [0.5, 0.6) is 5.75 Å². The van der Waals surface area contributed by atoms with Gasteiger partial charge in [0.15, 0.2) is 5.82 Å². The number of nitrogens with zero attached hydrogens (tertiary/aromatic N) is 4. The topological polar surface area (TPSA) is 72.3 Å². The van der Waals surface area contributed by atoms with E-state index in [2.05, 4.69) is 22.0 Å². The molecule has 2 heterocycles. The van der Waals surface area contributed by atoms with Crippen LogP contribution in [0, 0.1) is 0 Å². The predicted molar refractivity (Wildman–Crippen MR) is 134 cm³/mol. The van der Waals surface area contributed by atoms with Gasteiger partial charge in [-0.25, -0.2) is 9.97 Å². The van der Waals surface area contributed by atoms with Gasteiger partial charge < -0.3 is 10.1 Å². The second kappa shape index (κ2) is 10.5. The predicted octanol–water partition coefficient (Wildman–Crippen LogP) is 5.89. The molecule has 0 saturated carbocycles. The Labute approximate surface area is 191 Å². The van der Waals surface area contributed by atoms with Gasteiger partial charge in [0.05, 0.1) is 23.7 Å². The molecule has 0 atom stereocenters. The van der Waals surface area contributed by atoms with Crippen molar-refractivity contribution in [3.8, 4) is 17.1 Å². The van der Waals surface area contributed by atoms with Crippen molar-refractivity contribution in [2.24, 2.45) is 4.99 Å². The van der Waals surface area contributed by atoms with Gasteiger partial charge in [-0.3, -0.25) is 9.98 Å². The SMILES string of the molecule is C=N/C(=C\SCNc1nc(-c2cccnc2)nc2ccc(OCC)cc12)c1ccccc1. The highest BCUT2D eigenvalue weighted by atomic mass is 32.2. The molecule has 2 aromatic heterocycles. The second-order valence-corrected chi connectivity index (χ2v) is 7.62. The minimum absolute atomic E-state index is 0.598. The molecule has 0 aliphatic rings. The second-order valence-electron chi connectivity index (χ2n) is 6.76. The zero-order valence-corrected chi connectivity index (χ0v) is 18.5. The lowest BCUT2D eigenvalue weighted by Gasteiger charge is -2.12. The molecule has 4 aromatic rings. The first-order valence-corrected chi connectivity index (χ1v) is 11.3. The summed E-state index contributed by atoms with van der Waals surface area (Å²) in [5.74, 6) is 2.75. The Bertz CT molecular complexity index is 1230. The molecule has 0 aliphatic carbocycles. The number of anilines is 1. The number of benzene rings is 2. The molecule has 4 rings (SSSR count). The quantitative estimate of drug-likeness (QED) is 0.198. The lowest BCUT2D eigenvalue weighted by Crippen LogP contribution is -2.03. The molecule has 1 N–H and O–H groups in total. The number of fused-ring (bicyclic) bond motifs is 1. The van der Waals surface area contributed by atoms with Crippen LogP contribution < -0.4 is 10.1 Å². The van der Waals surface area contributed by atoms with E-state index in [-0.39, 0.29) is 0 Å². The van der Waals surface area contributed by atoms with Crippen LogP contribution in [0.25, 0.3) is 28.0 Å². The van der Waals surface area contributed by atoms with E-state index in [1.54, 1.807) is 24.2 Å². The van der Waals surface area contributed by atoms with Gasteiger partial charge in [-0.2, -0.15) is 0 Å². The van der Waals surface area contributed by atoms with E-state index in [4.69, 9.17) is 14.7 Å². The fourth-order valence-corrected chi connectivity index (χ4v) is 3.83. The highest BCUT2D eigenvalue weighted by molar-refractivity contribution is 8.02. The van der Waals surface area contributed by atoms with Gasteiger partial charge in [0.2, 0.25) is 0 Å². The first-order valence-electron chi connectivity index (χ1n) is 10.2. The Hall–Kier alpha value is -3.71. The highest BCUT2D eigenvalue weighted by Crippen LogP contribution is 2.29. The molecule has 7 heteroatoms. The van der Waals surface area contributed by atoms with E-state index < -0.39 is 0 Å². The zero-order chi connectivity index (χ0) is 22.2. The summed E-state index contributed by atoms with van der Waals surface area (Å²) in [6, 6.07) is 19.7. The van der Waals surface area contributed by atoms with Crippen molar-refractivity contribution in [3.05, 3.63) is 84.0 Å². The lowest BCUT2D eigenvalue weighted by molar-refractivity contribution is 0.340.